The lowest BCUT2D eigenvalue weighted by atomic mass is 9.85. The third kappa shape index (κ3) is 1.98. The van der Waals surface area contributed by atoms with Crippen LogP contribution in [-0.4, -0.2) is 10.7 Å². The summed E-state index contributed by atoms with van der Waals surface area (Å²) in [4.78, 5) is 0. The Hall–Kier alpha value is -1.60. The topological polar surface area (TPSA) is 20.2 Å². The van der Waals surface area contributed by atoms with E-state index in [9.17, 15) is 5.11 Å². The Kier molecular flexibility index (Phi) is 2.49. The highest BCUT2D eigenvalue weighted by atomic mass is 16.3. The standard InChI is InChI=1S/C16H16O/c17-16(11-12-16)15(13-7-3-1-4-8-13)14-9-5-2-6-10-14/h1-10,15,17H,11-12H2. The van der Waals surface area contributed by atoms with E-state index in [2.05, 4.69) is 24.3 Å². The molecule has 0 amide bonds. The van der Waals surface area contributed by atoms with Crippen molar-refractivity contribution in [3.63, 3.8) is 0 Å². The van der Waals surface area contributed by atoms with E-state index in [-0.39, 0.29) is 5.92 Å². The van der Waals surface area contributed by atoms with E-state index in [1.165, 1.54) is 11.1 Å². The third-order valence-electron chi connectivity index (χ3n) is 3.57. The van der Waals surface area contributed by atoms with Gasteiger partial charge < -0.3 is 5.11 Å². The third-order valence-corrected chi connectivity index (χ3v) is 3.57. The minimum atomic E-state index is -0.525. The molecule has 0 aliphatic heterocycles. The number of benzene rings is 2. The fourth-order valence-electron chi connectivity index (χ4n) is 2.52. The molecule has 0 atom stereocenters. The van der Waals surface area contributed by atoms with Crippen LogP contribution >= 0.6 is 0 Å². The second kappa shape index (κ2) is 4.01. The van der Waals surface area contributed by atoms with Gasteiger partial charge in [0.2, 0.25) is 0 Å². The molecule has 17 heavy (non-hydrogen) atoms. The van der Waals surface area contributed by atoms with Gasteiger partial charge in [0.25, 0.3) is 0 Å². The molecule has 0 saturated heterocycles. The van der Waals surface area contributed by atoms with Crippen molar-refractivity contribution in [2.75, 3.05) is 0 Å². The van der Waals surface area contributed by atoms with Gasteiger partial charge in [-0.25, -0.2) is 0 Å². The zero-order valence-electron chi connectivity index (χ0n) is 9.71. The van der Waals surface area contributed by atoms with Crippen molar-refractivity contribution >= 4 is 0 Å². The van der Waals surface area contributed by atoms with Gasteiger partial charge in [-0.2, -0.15) is 0 Å². The maximum atomic E-state index is 10.5. The maximum Gasteiger partial charge on any atom is 0.0758 e. The molecule has 2 aromatic carbocycles. The van der Waals surface area contributed by atoms with E-state index in [0.717, 1.165) is 12.8 Å². The van der Waals surface area contributed by atoms with Crippen LogP contribution in [0.2, 0.25) is 0 Å². The Balaban J connectivity index is 2.05. The zero-order chi connectivity index (χ0) is 11.7. The SMILES string of the molecule is OC1(C(c2ccccc2)c2ccccc2)CC1. The maximum absolute atomic E-state index is 10.5. The normalized spacial score (nSPS) is 17.1. The molecule has 1 aliphatic carbocycles. The Morgan fingerprint density at radius 2 is 1.18 bits per heavy atom. The van der Waals surface area contributed by atoms with Crippen molar-refractivity contribution in [2.24, 2.45) is 0 Å². The van der Waals surface area contributed by atoms with E-state index < -0.39 is 5.60 Å². The van der Waals surface area contributed by atoms with Crippen LogP contribution in [0.25, 0.3) is 0 Å². The van der Waals surface area contributed by atoms with Crippen LogP contribution in [-0.2, 0) is 0 Å². The number of rotatable bonds is 3. The summed E-state index contributed by atoms with van der Waals surface area (Å²) >= 11 is 0. The molecule has 1 saturated carbocycles. The van der Waals surface area contributed by atoms with Crippen LogP contribution in [0.5, 0.6) is 0 Å². The first-order chi connectivity index (χ1) is 8.30. The van der Waals surface area contributed by atoms with Gasteiger partial charge >= 0.3 is 0 Å². The van der Waals surface area contributed by atoms with Crippen molar-refractivity contribution in [1.29, 1.82) is 0 Å². The number of aliphatic hydroxyl groups is 1. The van der Waals surface area contributed by atoms with E-state index in [1.54, 1.807) is 0 Å². The highest BCUT2D eigenvalue weighted by molar-refractivity contribution is 5.38. The van der Waals surface area contributed by atoms with Crippen molar-refractivity contribution < 1.29 is 5.11 Å². The van der Waals surface area contributed by atoms with Crippen molar-refractivity contribution in [2.45, 2.75) is 24.4 Å². The van der Waals surface area contributed by atoms with Crippen LogP contribution in [0.4, 0.5) is 0 Å². The molecule has 1 aliphatic rings. The summed E-state index contributed by atoms with van der Waals surface area (Å²) in [5.74, 6) is 0.116. The highest BCUT2D eigenvalue weighted by Gasteiger charge is 2.48. The van der Waals surface area contributed by atoms with Gasteiger partial charge in [-0.1, -0.05) is 60.7 Å². The molecule has 1 heteroatoms. The number of hydrogen-bond acceptors (Lipinski definition) is 1. The van der Waals surface area contributed by atoms with Gasteiger partial charge in [0.15, 0.2) is 0 Å². The van der Waals surface area contributed by atoms with Gasteiger partial charge in [-0.15, -0.1) is 0 Å². The second-order valence-corrected chi connectivity index (χ2v) is 4.86. The Labute approximate surface area is 102 Å². The van der Waals surface area contributed by atoms with Crippen LogP contribution in [0, 0.1) is 0 Å². The van der Waals surface area contributed by atoms with Crippen LogP contribution in [0.1, 0.15) is 29.9 Å². The summed E-state index contributed by atoms with van der Waals surface area (Å²) in [7, 11) is 0. The molecule has 1 N–H and O–H groups in total. The summed E-state index contributed by atoms with van der Waals surface area (Å²) in [6.07, 6.45) is 1.81. The molecule has 0 radical (unpaired) electrons. The molecule has 2 aromatic rings. The summed E-state index contributed by atoms with van der Waals surface area (Å²) in [6, 6.07) is 20.6. The van der Waals surface area contributed by atoms with Crippen LogP contribution < -0.4 is 0 Å². The lowest BCUT2D eigenvalue weighted by molar-refractivity contribution is 0.131. The number of hydrogen-bond donors (Lipinski definition) is 1. The van der Waals surface area contributed by atoms with E-state index in [1.807, 2.05) is 36.4 Å². The quantitative estimate of drug-likeness (QED) is 0.847. The van der Waals surface area contributed by atoms with Crippen LogP contribution in [0.15, 0.2) is 60.7 Å². The van der Waals surface area contributed by atoms with Gasteiger partial charge in [-0.05, 0) is 24.0 Å². The van der Waals surface area contributed by atoms with Crippen molar-refractivity contribution in [3.05, 3.63) is 71.8 Å². The Bertz CT molecular complexity index is 446. The van der Waals surface area contributed by atoms with E-state index >= 15 is 0 Å². The fourth-order valence-corrected chi connectivity index (χ4v) is 2.52. The predicted molar refractivity (Wildman–Crippen MR) is 68.9 cm³/mol. The average molecular weight is 224 g/mol. The van der Waals surface area contributed by atoms with E-state index in [4.69, 9.17) is 0 Å². The molecule has 1 nitrogen and oxygen atoms in total. The van der Waals surface area contributed by atoms with Crippen LogP contribution in [0.3, 0.4) is 0 Å². The van der Waals surface area contributed by atoms with Gasteiger partial charge in [0.1, 0.15) is 0 Å². The molecule has 0 bridgehead atoms. The summed E-state index contributed by atoms with van der Waals surface area (Å²) < 4.78 is 0. The lowest BCUT2D eigenvalue weighted by Crippen LogP contribution is -2.21. The minimum absolute atomic E-state index is 0.116. The van der Waals surface area contributed by atoms with Gasteiger partial charge in [0, 0.05) is 5.92 Å². The molecule has 86 valence electrons. The first kappa shape index (κ1) is 10.5. The Morgan fingerprint density at radius 3 is 1.53 bits per heavy atom. The molecular weight excluding hydrogens is 208 g/mol. The first-order valence-electron chi connectivity index (χ1n) is 6.12. The fraction of sp³-hybridized carbons (Fsp3) is 0.250. The molecule has 0 spiro atoms. The molecule has 3 rings (SSSR count). The lowest BCUT2D eigenvalue weighted by Gasteiger charge is -2.23. The average Bonchev–Trinajstić information content (AvgIpc) is 3.11. The summed E-state index contributed by atoms with van der Waals surface area (Å²) in [5.41, 5.74) is 1.89. The monoisotopic (exact) mass is 224 g/mol. The molecular formula is C16H16O. The molecule has 1 fully saturated rings. The van der Waals surface area contributed by atoms with Crippen molar-refractivity contribution in [1.82, 2.24) is 0 Å². The molecule has 0 heterocycles. The smallest absolute Gasteiger partial charge is 0.0758 e. The Morgan fingerprint density at radius 1 is 0.765 bits per heavy atom. The predicted octanol–water partition coefficient (Wildman–Crippen LogP) is 3.34. The molecule has 0 aromatic heterocycles. The van der Waals surface area contributed by atoms with Gasteiger partial charge in [-0.3, -0.25) is 0 Å². The first-order valence-corrected chi connectivity index (χ1v) is 6.12. The van der Waals surface area contributed by atoms with Gasteiger partial charge in [0.05, 0.1) is 5.60 Å². The summed E-state index contributed by atoms with van der Waals surface area (Å²) in [5, 5.41) is 10.5. The summed E-state index contributed by atoms with van der Waals surface area (Å²) in [6.45, 7) is 0. The second-order valence-electron chi connectivity index (χ2n) is 4.86. The molecule has 0 unspecified atom stereocenters. The largest absolute Gasteiger partial charge is 0.389 e. The minimum Gasteiger partial charge on any atom is -0.389 e. The highest BCUT2D eigenvalue weighted by Crippen LogP contribution is 2.50. The van der Waals surface area contributed by atoms with Crippen molar-refractivity contribution in [3.8, 4) is 0 Å². The van der Waals surface area contributed by atoms with E-state index in [0.29, 0.717) is 0 Å². The zero-order valence-corrected chi connectivity index (χ0v) is 9.71.